The van der Waals surface area contributed by atoms with Crippen LogP contribution in [0.15, 0.2) is 33.9 Å². The molecule has 1 aliphatic heterocycles. The number of ether oxygens (including phenoxy) is 2. The third kappa shape index (κ3) is 2.98. The molecule has 0 N–H and O–H groups in total. The number of carbonyl (C=O) groups excluding carboxylic acids is 2. The molecule has 6 nitrogen and oxygen atoms in total. The molecule has 142 valence electrons. The molecule has 4 atom stereocenters. The number of fused-ring (bicyclic) bond motifs is 5. The van der Waals surface area contributed by atoms with E-state index >= 15 is 0 Å². The van der Waals surface area contributed by atoms with E-state index in [1.807, 2.05) is 19.9 Å². The molecule has 0 radical (unpaired) electrons. The first-order valence-electron chi connectivity index (χ1n) is 9.24. The number of amides is 2. The summed E-state index contributed by atoms with van der Waals surface area (Å²) in [6.07, 6.45) is 6.58. The summed E-state index contributed by atoms with van der Waals surface area (Å²) < 4.78 is 12.0. The quantitative estimate of drug-likeness (QED) is 0.392. The van der Waals surface area contributed by atoms with Crippen molar-refractivity contribution in [2.24, 2.45) is 28.8 Å². The Kier molecular flexibility index (Phi) is 4.80. The van der Waals surface area contributed by atoms with Gasteiger partial charge < -0.3 is 9.47 Å². The van der Waals surface area contributed by atoms with Crippen molar-refractivity contribution < 1.29 is 19.1 Å². The number of allylic oxidation sites excluding steroid dienone is 2. The van der Waals surface area contributed by atoms with Crippen LogP contribution in [0.2, 0.25) is 0 Å². The van der Waals surface area contributed by atoms with Crippen LogP contribution < -0.4 is 9.47 Å². The van der Waals surface area contributed by atoms with Crippen molar-refractivity contribution in [3.05, 3.63) is 34.3 Å². The molecule has 1 saturated heterocycles. The predicted molar refractivity (Wildman–Crippen MR) is 104 cm³/mol. The molecular weight excluding hydrogens is 412 g/mol. The van der Waals surface area contributed by atoms with Crippen LogP contribution in [0.5, 0.6) is 11.5 Å². The van der Waals surface area contributed by atoms with E-state index in [9.17, 15) is 9.59 Å². The number of carbonyl (C=O) groups is 2. The van der Waals surface area contributed by atoms with Gasteiger partial charge in [0, 0.05) is 0 Å². The van der Waals surface area contributed by atoms with Gasteiger partial charge in [0.1, 0.15) is 0 Å². The maximum atomic E-state index is 12.7. The SMILES string of the molecule is CCOc1cc(/C=N\N2C(=O)[C@H]3[C@H](C2=O)[C@H]2C=C[C@H]3C2)cc(Br)c1OCC. The Morgan fingerprint density at radius 3 is 2.33 bits per heavy atom. The van der Waals surface area contributed by atoms with Crippen molar-refractivity contribution in [3.8, 4) is 11.5 Å². The van der Waals surface area contributed by atoms with Crippen LogP contribution in [0.3, 0.4) is 0 Å². The van der Waals surface area contributed by atoms with Crippen LogP contribution >= 0.6 is 15.9 Å². The highest BCUT2D eigenvalue weighted by molar-refractivity contribution is 9.10. The minimum atomic E-state index is -0.240. The average molecular weight is 433 g/mol. The van der Waals surface area contributed by atoms with Crippen LogP contribution in [0.1, 0.15) is 25.8 Å². The molecule has 1 aromatic rings. The second-order valence-electron chi connectivity index (χ2n) is 6.93. The summed E-state index contributed by atoms with van der Waals surface area (Å²) in [6, 6.07) is 3.62. The van der Waals surface area contributed by atoms with Gasteiger partial charge in [0.2, 0.25) is 0 Å². The van der Waals surface area contributed by atoms with Gasteiger partial charge in [0.15, 0.2) is 11.5 Å². The van der Waals surface area contributed by atoms with Gasteiger partial charge >= 0.3 is 0 Å². The van der Waals surface area contributed by atoms with Gasteiger partial charge in [-0.1, -0.05) is 12.2 Å². The molecule has 2 amide bonds. The third-order valence-electron chi connectivity index (χ3n) is 5.39. The van der Waals surface area contributed by atoms with Crippen LogP contribution in [-0.2, 0) is 9.59 Å². The highest BCUT2D eigenvalue weighted by atomic mass is 79.9. The molecule has 1 saturated carbocycles. The molecule has 0 aromatic heterocycles. The summed E-state index contributed by atoms with van der Waals surface area (Å²) in [6.45, 7) is 4.81. The van der Waals surface area contributed by atoms with E-state index in [0.717, 1.165) is 15.9 Å². The monoisotopic (exact) mass is 432 g/mol. The Bertz CT molecular complexity index is 821. The Hall–Kier alpha value is -2.15. The van der Waals surface area contributed by atoms with Crippen LogP contribution in [0, 0.1) is 23.7 Å². The van der Waals surface area contributed by atoms with Crippen molar-refractivity contribution in [1.82, 2.24) is 5.01 Å². The molecule has 0 unspecified atom stereocenters. The Morgan fingerprint density at radius 1 is 1.11 bits per heavy atom. The number of benzene rings is 1. The van der Waals surface area contributed by atoms with Gasteiger partial charge in [-0.05, 0) is 65.7 Å². The van der Waals surface area contributed by atoms with Gasteiger partial charge in [0.05, 0.1) is 35.7 Å². The molecule has 1 aromatic carbocycles. The summed E-state index contributed by atoms with van der Waals surface area (Å²) in [5, 5.41) is 5.26. The fraction of sp³-hybridized carbons (Fsp3) is 0.450. The lowest BCUT2D eigenvalue weighted by Gasteiger charge is -2.14. The van der Waals surface area contributed by atoms with Crippen LogP contribution in [0.25, 0.3) is 0 Å². The lowest BCUT2D eigenvalue weighted by Crippen LogP contribution is -2.28. The number of hydrogen-bond acceptors (Lipinski definition) is 5. The fourth-order valence-corrected chi connectivity index (χ4v) is 4.91. The number of hydrazone groups is 1. The van der Waals surface area contributed by atoms with E-state index in [-0.39, 0.29) is 35.5 Å². The summed E-state index contributed by atoms with van der Waals surface area (Å²) in [5.41, 5.74) is 0.715. The standard InChI is InChI=1S/C20H21BrN2O4/c1-3-26-15-8-11(7-14(21)18(15)27-4-2)10-22-23-19(24)16-12-5-6-13(9-12)17(16)20(23)25/h5-8,10,12-13,16-17H,3-4,9H2,1-2H3/b22-10-/t12-,13-,16+,17+/m0/s1. The second kappa shape index (κ2) is 7.11. The molecule has 1 heterocycles. The van der Waals surface area contributed by atoms with Crippen LogP contribution in [-0.4, -0.2) is 36.3 Å². The number of imide groups is 1. The molecule has 0 spiro atoms. The Labute approximate surface area is 166 Å². The lowest BCUT2D eigenvalue weighted by molar-refractivity contribution is -0.140. The molecular formula is C20H21BrN2O4. The van der Waals surface area contributed by atoms with E-state index in [4.69, 9.17) is 9.47 Å². The molecule has 4 rings (SSSR count). The van der Waals surface area contributed by atoms with Crippen molar-refractivity contribution in [2.45, 2.75) is 20.3 Å². The molecule has 2 bridgehead atoms. The first kappa shape index (κ1) is 18.2. The highest BCUT2D eigenvalue weighted by Gasteiger charge is 2.59. The van der Waals surface area contributed by atoms with Gasteiger partial charge in [-0.25, -0.2) is 0 Å². The maximum absolute atomic E-state index is 12.7. The van der Waals surface area contributed by atoms with E-state index < -0.39 is 0 Å². The highest BCUT2D eigenvalue weighted by Crippen LogP contribution is 2.52. The van der Waals surface area contributed by atoms with E-state index in [2.05, 4.69) is 33.2 Å². The van der Waals surface area contributed by atoms with Gasteiger partial charge in [0.25, 0.3) is 11.8 Å². The molecule has 7 heteroatoms. The van der Waals surface area contributed by atoms with Gasteiger partial charge in [-0.2, -0.15) is 10.1 Å². The minimum Gasteiger partial charge on any atom is -0.490 e. The smallest absolute Gasteiger partial charge is 0.254 e. The van der Waals surface area contributed by atoms with E-state index in [1.165, 1.54) is 6.21 Å². The summed E-state index contributed by atoms with van der Waals surface area (Å²) in [4.78, 5) is 25.4. The zero-order valence-corrected chi connectivity index (χ0v) is 16.8. The maximum Gasteiger partial charge on any atom is 0.254 e. The minimum absolute atomic E-state index is 0.181. The van der Waals surface area contributed by atoms with Gasteiger partial charge in [-0.3, -0.25) is 9.59 Å². The zero-order chi connectivity index (χ0) is 19.1. The number of rotatable bonds is 6. The average Bonchev–Trinajstić information content (AvgIpc) is 3.31. The number of nitrogens with zero attached hydrogens (tertiary/aromatic N) is 2. The topological polar surface area (TPSA) is 68.2 Å². The first-order chi connectivity index (χ1) is 13.0. The summed E-state index contributed by atoms with van der Waals surface area (Å²) in [5.74, 6) is 0.727. The summed E-state index contributed by atoms with van der Waals surface area (Å²) >= 11 is 3.49. The number of hydrogen-bond donors (Lipinski definition) is 0. The summed E-state index contributed by atoms with van der Waals surface area (Å²) in [7, 11) is 0. The normalized spacial score (nSPS) is 28.5. The zero-order valence-electron chi connectivity index (χ0n) is 15.2. The lowest BCUT2D eigenvalue weighted by atomic mass is 9.85. The second-order valence-corrected chi connectivity index (χ2v) is 7.78. The predicted octanol–water partition coefficient (Wildman–Crippen LogP) is 3.39. The van der Waals surface area contributed by atoms with Crippen molar-refractivity contribution in [3.63, 3.8) is 0 Å². The van der Waals surface area contributed by atoms with E-state index in [1.54, 1.807) is 6.07 Å². The largest absolute Gasteiger partial charge is 0.490 e. The molecule has 27 heavy (non-hydrogen) atoms. The van der Waals surface area contributed by atoms with Gasteiger partial charge in [-0.15, -0.1) is 0 Å². The van der Waals surface area contributed by atoms with Crippen molar-refractivity contribution >= 4 is 34.0 Å². The fourth-order valence-electron chi connectivity index (χ4n) is 4.33. The Morgan fingerprint density at radius 2 is 1.74 bits per heavy atom. The van der Waals surface area contributed by atoms with Crippen molar-refractivity contribution in [2.75, 3.05) is 13.2 Å². The number of halogens is 1. The van der Waals surface area contributed by atoms with E-state index in [0.29, 0.717) is 30.3 Å². The molecule has 2 aliphatic carbocycles. The Balaban J connectivity index is 1.58. The molecule has 2 fully saturated rings. The third-order valence-corrected chi connectivity index (χ3v) is 5.98. The first-order valence-corrected chi connectivity index (χ1v) is 10.0. The van der Waals surface area contributed by atoms with Crippen LogP contribution in [0.4, 0.5) is 0 Å². The van der Waals surface area contributed by atoms with Crippen molar-refractivity contribution in [1.29, 1.82) is 0 Å². The molecule has 3 aliphatic rings.